The van der Waals surface area contributed by atoms with Crippen LogP contribution in [0, 0.1) is 6.92 Å². The summed E-state index contributed by atoms with van der Waals surface area (Å²) in [6.45, 7) is 1.98. The molecule has 0 radical (unpaired) electrons. The summed E-state index contributed by atoms with van der Waals surface area (Å²) in [6, 6.07) is 3.97. The maximum atomic E-state index is 12.9. The first kappa shape index (κ1) is 15.8. The minimum Gasteiger partial charge on any atom is -0.360 e. The van der Waals surface area contributed by atoms with Crippen molar-refractivity contribution >= 4 is 23.2 Å². The van der Waals surface area contributed by atoms with E-state index < -0.39 is 0 Å². The zero-order valence-corrected chi connectivity index (χ0v) is 15.1. The normalized spacial score (nSPS) is 21.4. The monoisotopic (exact) mass is 371 g/mol. The van der Waals surface area contributed by atoms with E-state index in [1.807, 2.05) is 28.6 Å². The molecule has 7 nitrogen and oxygen atoms in total. The number of hydrogen-bond acceptors (Lipinski definition) is 5. The molecule has 0 N–H and O–H groups in total. The maximum absolute atomic E-state index is 12.9. The predicted octanol–water partition coefficient (Wildman–Crippen LogP) is 2.90. The maximum Gasteiger partial charge on any atom is 0.223 e. The number of aryl methyl sites for hydroxylation is 2. The van der Waals surface area contributed by atoms with Gasteiger partial charge in [0.15, 0.2) is 10.8 Å². The van der Waals surface area contributed by atoms with Crippen molar-refractivity contribution in [2.24, 2.45) is 0 Å². The molecular formula is C18H18ClN5O2. The summed E-state index contributed by atoms with van der Waals surface area (Å²) < 4.78 is 7.06. The number of nitrogens with zero attached hydrogens (tertiary/aromatic N) is 5. The van der Waals surface area contributed by atoms with Crippen molar-refractivity contribution in [3.05, 3.63) is 46.2 Å². The molecule has 0 spiro atoms. The fourth-order valence-electron chi connectivity index (χ4n) is 4.35. The van der Waals surface area contributed by atoms with Gasteiger partial charge < -0.3 is 9.42 Å². The van der Waals surface area contributed by atoms with Crippen LogP contribution in [-0.4, -0.2) is 36.6 Å². The van der Waals surface area contributed by atoms with E-state index in [-0.39, 0.29) is 18.0 Å². The van der Waals surface area contributed by atoms with Crippen molar-refractivity contribution in [2.75, 3.05) is 0 Å². The fourth-order valence-corrected chi connectivity index (χ4v) is 4.50. The third-order valence-electron chi connectivity index (χ3n) is 5.43. The largest absolute Gasteiger partial charge is 0.360 e. The molecule has 1 saturated heterocycles. The van der Waals surface area contributed by atoms with Crippen molar-refractivity contribution in [3.8, 4) is 0 Å². The molecule has 1 amide bonds. The van der Waals surface area contributed by atoms with Crippen LogP contribution in [0.1, 0.15) is 48.0 Å². The van der Waals surface area contributed by atoms with Crippen LogP contribution in [-0.2, 0) is 17.6 Å². The molecule has 0 unspecified atom stereocenters. The summed E-state index contributed by atoms with van der Waals surface area (Å²) in [7, 11) is 0. The van der Waals surface area contributed by atoms with Gasteiger partial charge >= 0.3 is 0 Å². The van der Waals surface area contributed by atoms with Crippen molar-refractivity contribution in [1.82, 2.24) is 24.7 Å². The van der Waals surface area contributed by atoms with Crippen LogP contribution < -0.4 is 0 Å². The van der Waals surface area contributed by atoms with Gasteiger partial charge in [0.2, 0.25) is 5.91 Å². The van der Waals surface area contributed by atoms with Gasteiger partial charge in [-0.1, -0.05) is 16.8 Å². The molecule has 1 fully saturated rings. The number of fused-ring (bicyclic) bond motifs is 6. The number of carbonyl (C=O) groups is 1. The van der Waals surface area contributed by atoms with Crippen LogP contribution in [0.4, 0.5) is 0 Å². The van der Waals surface area contributed by atoms with Crippen LogP contribution >= 0.6 is 11.6 Å². The van der Waals surface area contributed by atoms with Crippen LogP contribution in [0.5, 0.6) is 0 Å². The van der Waals surface area contributed by atoms with Gasteiger partial charge in [-0.2, -0.15) is 5.10 Å². The third-order valence-corrected chi connectivity index (χ3v) is 5.61. The smallest absolute Gasteiger partial charge is 0.223 e. The second-order valence-corrected chi connectivity index (χ2v) is 7.47. The van der Waals surface area contributed by atoms with Crippen molar-refractivity contribution in [1.29, 1.82) is 0 Å². The van der Waals surface area contributed by atoms with E-state index in [0.717, 1.165) is 36.2 Å². The van der Waals surface area contributed by atoms with Crippen LogP contribution in [0.25, 0.3) is 5.65 Å². The topological polar surface area (TPSA) is 76.5 Å². The van der Waals surface area contributed by atoms with Gasteiger partial charge in [-0.15, -0.1) is 0 Å². The van der Waals surface area contributed by atoms with Gasteiger partial charge in [-0.25, -0.2) is 9.50 Å². The molecule has 8 heteroatoms. The van der Waals surface area contributed by atoms with Gasteiger partial charge in [0.25, 0.3) is 0 Å². The van der Waals surface area contributed by atoms with E-state index in [9.17, 15) is 4.79 Å². The molecule has 2 aliphatic heterocycles. The fraction of sp³-hybridized carbons (Fsp3) is 0.444. The van der Waals surface area contributed by atoms with Gasteiger partial charge in [0.05, 0.1) is 17.4 Å². The summed E-state index contributed by atoms with van der Waals surface area (Å²) in [5.74, 6) is 0.788. The van der Waals surface area contributed by atoms with E-state index in [1.165, 1.54) is 5.69 Å². The van der Waals surface area contributed by atoms with E-state index in [1.54, 1.807) is 6.07 Å². The van der Waals surface area contributed by atoms with E-state index in [0.29, 0.717) is 23.8 Å². The Morgan fingerprint density at radius 3 is 3.08 bits per heavy atom. The molecule has 134 valence electrons. The molecule has 0 aromatic carbocycles. The number of amides is 1. The molecule has 5 heterocycles. The Morgan fingerprint density at radius 2 is 2.27 bits per heavy atom. The molecule has 2 atom stereocenters. The highest BCUT2D eigenvalue weighted by Crippen LogP contribution is 2.43. The molecule has 0 saturated carbocycles. The molecule has 0 aliphatic carbocycles. The van der Waals surface area contributed by atoms with Gasteiger partial charge in [-0.05, 0) is 19.8 Å². The van der Waals surface area contributed by atoms with Gasteiger partial charge in [0, 0.05) is 49.2 Å². The second kappa shape index (κ2) is 5.81. The molecule has 26 heavy (non-hydrogen) atoms. The summed E-state index contributed by atoms with van der Waals surface area (Å²) in [4.78, 5) is 19.5. The molecule has 3 aromatic rings. The first-order chi connectivity index (χ1) is 12.6. The first-order valence-corrected chi connectivity index (χ1v) is 9.24. The second-order valence-electron chi connectivity index (χ2n) is 7.08. The molecular weight excluding hydrogens is 354 g/mol. The summed E-state index contributed by atoms with van der Waals surface area (Å²) >= 11 is 5.77. The number of hydrogen-bond donors (Lipinski definition) is 0. The highest BCUT2D eigenvalue weighted by molar-refractivity contribution is 6.29. The molecule has 3 aromatic heterocycles. The Hall–Kier alpha value is -2.41. The van der Waals surface area contributed by atoms with Gasteiger partial charge in [-0.3, -0.25) is 4.79 Å². The highest BCUT2D eigenvalue weighted by atomic mass is 35.5. The molecule has 5 rings (SSSR count). The van der Waals surface area contributed by atoms with Gasteiger partial charge in [0.1, 0.15) is 5.76 Å². The van der Waals surface area contributed by atoms with Crippen molar-refractivity contribution in [2.45, 2.75) is 51.1 Å². The van der Waals surface area contributed by atoms with E-state index in [2.05, 4.69) is 15.2 Å². The lowest BCUT2D eigenvalue weighted by Gasteiger charge is -2.36. The predicted molar refractivity (Wildman–Crippen MR) is 93.9 cm³/mol. The lowest BCUT2D eigenvalue weighted by Crippen LogP contribution is -2.42. The quantitative estimate of drug-likeness (QED) is 0.707. The van der Waals surface area contributed by atoms with Crippen molar-refractivity contribution < 1.29 is 9.32 Å². The number of carbonyl (C=O) groups excluding carboxylic acids is 1. The summed E-state index contributed by atoms with van der Waals surface area (Å²) in [5, 5.41) is 8.57. The van der Waals surface area contributed by atoms with Crippen LogP contribution in [0.3, 0.4) is 0 Å². The van der Waals surface area contributed by atoms with Crippen LogP contribution in [0.2, 0.25) is 5.15 Å². The van der Waals surface area contributed by atoms with E-state index in [4.69, 9.17) is 16.1 Å². The lowest BCUT2D eigenvalue weighted by atomic mass is 9.98. The zero-order valence-electron chi connectivity index (χ0n) is 14.4. The Balaban J connectivity index is 1.42. The Morgan fingerprint density at radius 1 is 1.38 bits per heavy atom. The Kier molecular flexibility index (Phi) is 3.53. The van der Waals surface area contributed by atoms with Crippen LogP contribution in [0.15, 0.2) is 22.9 Å². The Labute approximate surface area is 154 Å². The lowest BCUT2D eigenvalue weighted by molar-refractivity contribution is -0.134. The number of rotatable bonds is 3. The first-order valence-electron chi connectivity index (χ1n) is 8.86. The third kappa shape index (κ3) is 2.41. The summed E-state index contributed by atoms with van der Waals surface area (Å²) in [6.07, 6.45) is 5.65. The average molecular weight is 372 g/mol. The molecule has 2 aliphatic rings. The highest BCUT2D eigenvalue weighted by Gasteiger charge is 2.43. The minimum absolute atomic E-state index is 0.0935. The zero-order chi connectivity index (χ0) is 17.8. The SMILES string of the molecule is Cc1cc2ncc3c(n2n1)C[C@H]1CC[C@H]3N1C(=O)CCc1cc(Cl)no1. The number of aromatic nitrogens is 4. The molecule has 2 bridgehead atoms. The minimum atomic E-state index is 0.0935. The number of halogens is 1. The van der Waals surface area contributed by atoms with E-state index >= 15 is 0 Å². The van der Waals surface area contributed by atoms with Crippen molar-refractivity contribution in [3.63, 3.8) is 0 Å². The average Bonchev–Trinajstić information content (AvgIpc) is 3.29. The Bertz CT molecular complexity index is 1010. The standard InChI is InChI=1S/C18H18ClN5O2/c1-10-6-17-20-9-13-14-4-2-11(7-15(13)24(17)21-10)23(14)18(25)5-3-12-8-16(19)22-26-12/h6,8-9,11,14H,2-5,7H2,1H3/t11-,14-/m1/s1. The summed E-state index contributed by atoms with van der Waals surface area (Å²) in [5.41, 5.74) is 4.16.